The summed E-state index contributed by atoms with van der Waals surface area (Å²) in [5.74, 6) is -0.0815. The highest BCUT2D eigenvalue weighted by Crippen LogP contribution is 2.30. The van der Waals surface area contributed by atoms with E-state index in [9.17, 15) is 4.79 Å². The minimum absolute atomic E-state index is 0.0185. The summed E-state index contributed by atoms with van der Waals surface area (Å²) in [6.45, 7) is 0.525. The molecule has 3 aromatic rings. The average molecular weight is 313 g/mol. The Morgan fingerprint density at radius 3 is 2.59 bits per heavy atom. The van der Waals surface area contributed by atoms with Gasteiger partial charge in [0.15, 0.2) is 0 Å². The smallest absolute Gasteiger partial charge is 0.234 e. The lowest BCUT2D eigenvalue weighted by Gasteiger charge is -2.18. The molecule has 0 radical (unpaired) electrons. The van der Waals surface area contributed by atoms with Crippen LogP contribution in [0.1, 0.15) is 17.0 Å². The van der Waals surface area contributed by atoms with Crippen LogP contribution in [0.25, 0.3) is 10.9 Å². The second kappa shape index (κ2) is 6.67. The van der Waals surface area contributed by atoms with Crippen molar-refractivity contribution in [3.8, 4) is 0 Å². The van der Waals surface area contributed by atoms with E-state index in [1.54, 1.807) is 0 Å². The Morgan fingerprint density at radius 2 is 1.82 bits per heavy atom. The van der Waals surface area contributed by atoms with Crippen molar-refractivity contribution < 1.29 is 4.79 Å². The van der Waals surface area contributed by atoms with Gasteiger partial charge >= 0.3 is 0 Å². The molecule has 112 valence electrons. The molecule has 0 bridgehead atoms. The van der Waals surface area contributed by atoms with Gasteiger partial charge in [-0.25, -0.2) is 0 Å². The summed E-state index contributed by atoms with van der Waals surface area (Å²) in [7, 11) is 0. The number of rotatable bonds is 5. The van der Waals surface area contributed by atoms with E-state index in [4.69, 9.17) is 11.6 Å². The molecule has 2 aromatic carbocycles. The first-order chi connectivity index (χ1) is 10.8. The summed E-state index contributed by atoms with van der Waals surface area (Å²) in [5, 5.41) is 4.08. The molecule has 0 fully saturated rings. The molecule has 1 heterocycles. The largest absolute Gasteiger partial charge is 0.361 e. The van der Waals surface area contributed by atoms with Crippen LogP contribution in [0, 0.1) is 0 Å². The van der Waals surface area contributed by atoms with Gasteiger partial charge in [0.05, 0.1) is 0 Å². The number of hydrogen-bond acceptors (Lipinski definition) is 1. The minimum Gasteiger partial charge on any atom is -0.361 e. The van der Waals surface area contributed by atoms with Crippen molar-refractivity contribution in [2.75, 3.05) is 12.4 Å². The molecule has 22 heavy (non-hydrogen) atoms. The average Bonchev–Trinajstić information content (AvgIpc) is 3.00. The second-order valence-corrected chi connectivity index (χ2v) is 5.46. The van der Waals surface area contributed by atoms with Crippen LogP contribution in [0.4, 0.5) is 0 Å². The highest BCUT2D eigenvalue weighted by Gasteiger charge is 2.18. The van der Waals surface area contributed by atoms with Crippen molar-refractivity contribution >= 4 is 28.4 Å². The van der Waals surface area contributed by atoms with E-state index in [1.165, 1.54) is 16.5 Å². The fourth-order valence-corrected chi connectivity index (χ4v) is 2.83. The monoisotopic (exact) mass is 312 g/mol. The van der Waals surface area contributed by atoms with Crippen molar-refractivity contribution in [1.29, 1.82) is 0 Å². The van der Waals surface area contributed by atoms with E-state index >= 15 is 0 Å². The SMILES string of the molecule is O=C(CCl)NC[C@@H](c1ccccc1)c1c[nH]c2ccccc12. The van der Waals surface area contributed by atoms with Crippen molar-refractivity contribution in [2.45, 2.75) is 5.92 Å². The molecule has 0 spiro atoms. The summed E-state index contributed by atoms with van der Waals surface area (Å²) in [5.41, 5.74) is 3.45. The van der Waals surface area contributed by atoms with Crippen LogP contribution in [0.3, 0.4) is 0 Å². The Morgan fingerprint density at radius 1 is 1.09 bits per heavy atom. The number of fused-ring (bicyclic) bond motifs is 1. The van der Waals surface area contributed by atoms with Crippen molar-refractivity contribution in [2.24, 2.45) is 0 Å². The van der Waals surface area contributed by atoms with Crippen LogP contribution in [0.2, 0.25) is 0 Å². The van der Waals surface area contributed by atoms with Gasteiger partial charge in [0.1, 0.15) is 5.88 Å². The maximum absolute atomic E-state index is 11.5. The summed E-state index contributed by atoms with van der Waals surface area (Å²) < 4.78 is 0. The maximum Gasteiger partial charge on any atom is 0.234 e. The fourth-order valence-electron chi connectivity index (χ4n) is 2.74. The number of para-hydroxylation sites is 1. The number of carbonyl (C=O) groups is 1. The van der Waals surface area contributed by atoms with E-state index in [-0.39, 0.29) is 17.7 Å². The van der Waals surface area contributed by atoms with Crippen molar-refractivity contribution in [3.63, 3.8) is 0 Å². The van der Waals surface area contributed by atoms with Crippen LogP contribution in [0.5, 0.6) is 0 Å². The van der Waals surface area contributed by atoms with Crippen LogP contribution < -0.4 is 5.32 Å². The van der Waals surface area contributed by atoms with Gasteiger partial charge in [-0.3, -0.25) is 4.79 Å². The Balaban J connectivity index is 1.99. The Kier molecular flexibility index (Phi) is 4.45. The zero-order valence-electron chi connectivity index (χ0n) is 12.1. The summed E-state index contributed by atoms with van der Waals surface area (Å²) >= 11 is 5.58. The summed E-state index contributed by atoms with van der Waals surface area (Å²) in [6.07, 6.45) is 2.02. The number of H-pyrrole nitrogens is 1. The number of aromatic nitrogens is 1. The Labute approximate surface area is 134 Å². The maximum atomic E-state index is 11.5. The van der Waals surface area contributed by atoms with Crippen molar-refractivity contribution in [3.05, 3.63) is 71.9 Å². The van der Waals surface area contributed by atoms with E-state index in [2.05, 4.69) is 34.6 Å². The lowest BCUT2D eigenvalue weighted by molar-refractivity contribution is -0.118. The third-order valence-corrected chi connectivity index (χ3v) is 4.07. The molecule has 0 aliphatic rings. The van der Waals surface area contributed by atoms with Gasteiger partial charge in [-0.1, -0.05) is 48.5 Å². The van der Waals surface area contributed by atoms with E-state index in [0.29, 0.717) is 6.54 Å². The van der Waals surface area contributed by atoms with E-state index in [1.807, 2.05) is 36.5 Å². The molecule has 4 heteroatoms. The van der Waals surface area contributed by atoms with Crippen LogP contribution in [-0.2, 0) is 4.79 Å². The van der Waals surface area contributed by atoms with Crippen LogP contribution in [0.15, 0.2) is 60.8 Å². The second-order valence-electron chi connectivity index (χ2n) is 5.19. The Hall–Kier alpha value is -2.26. The lowest BCUT2D eigenvalue weighted by atomic mass is 9.91. The van der Waals surface area contributed by atoms with E-state index < -0.39 is 0 Å². The predicted molar refractivity (Wildman–Crippen MR) is 90.3 cm³/mol. The quantitative estimate of drug-likeness (QED) is 0.694. The van der Waals surface area contributed by atoms with Crippen LogP contribution >= 0.6 is 11.6 Å². The molecule has 0 aliphatic carbocycles. The van der Waals surface area contributed by atoms with Gasteiger partial charge in [0.25, 0.3) is 0 Å². The Bertz CT molecular complexity index is 767. The number of nitrogens with one attached hydrogen (secondary N) is 2. The molecule has 0 aliphatic heterocycles. The van der Waals surface area contributed by atoms with Gasteiger partial charge < -0.3 is 10.3 Å². The number of alkyl halides is 1. The summed E-state index contributed by atoms with van der Waals surface area (Å²) in [6, 6.07) is 18.4. The number of hydrogen-bond donors (Lipinski definition) is 2. The molecule has 3 rings (SSSR count). The highest BCUT2D eigenvalue weighted by molar-refractivity contribution is 6.27. The van der Waals surface area contributed by atoms with E-state index in [0.717, 1.165) is 5.52 Å². The topological polar surface area (TPSA) is 44.9 Å². The number of aromatic amines is 1. The van der Waals surface area contributed by atoms with Crippen molar-refractivity contribution in [1.82, 2.24) is 10.3 Å². The van der Waals surface area contributed by atoms with Gasteiger partial charge in [0, 0.05) is 29.6 Å². The molecule has 1 aromatic heterocycles. The lowest BCUT2D eigenvalue weighted by Crippen LogP contribution is -2.29. The van der Waals surface area contributed by atoms with Gasteiger partial charge in [-0.05, 0) is 17.2 Å². The van der Waals surface area contributed by atoms with Gasteiger partial charge in [-0.2, -0.15) is 0 Å². The standard InChI is InChI=1S/C18H17ClN2O/c19-10-18(22)21-11-15(13-6-2-1-3-7-13)16-12-20-17-9-5-4-8-14(16)17/h1-9,12,15,20H,10-11H2,(H,21,22)/t15-/m0/s1. The van der Waals surface area contributed by atoms with Crippen LogP contribution in [-0.4, -0.2) is 23.3 Å². The summed E-state index contributed by atoms with van der Waals surface area (Å²) in [4.78, 5) is 14.8. The molecular formula is C18H17ClN2O. The third kappa shape index (κ3) is 3.00. The predicted octanol–water partition coefficient (Wildman–Crippen LogP) is 3.65. The number of amides is 1. The first-order valence-electron chi connectivity index (χ1n) is 7.23. The molecule has 2 N–H and O–H groups in total. The molecule has 3 nitrogen and oxygen atoms in total. The molecule has 1 amide bonds. The first-order valence-corrected chi connectivity index (χ1v) is 7.76. The molecule has 1 atom stereocenters. The zero-order chi connectivity index (χ0) is 15.4. The number of halogens is 1. The fraction of sp³-hybridized carbons (Fsp3) is 0.167. The molecule has 0 saturated heterocycles. The zero-order valence-corrected chi connectivity index (χ0v) is 12.8. The third-order valence-electron chi connectivity index (χ3n) is 3.82. The molecule has 0 saturated carbocycles. The minimum atomic E-state index is -0.151. The normalized spacial score (nSPS) is 12.2. The number of benzene rings is 2. The van der Waals surface area contributed by atoms with Gasteiger partial charge in [-0.15, -0.1) is 11.6 Å². The highest BCUT2D eigenvalue weighted by atomic mass is 35.5. The number of carbonyl (C=O) groups excluding carboxylic acids is 1. The molecular weight excluding hydrogens is 296 g/mol. The van der Waals surface area contributed by atoms with Gasteiger partial charge in [0.2, 0.25) is 5.91 Å². The molecule has 0 unspecified atom stereocenters. The first kappa shape index (κ1) is 14.7.